The molecule has 3 rings (SSSR count). The molecule has 0 saturated carbocycles. The Balaban J connectivity index is 1.62. The molecule has 1 amide bonds. The van der Waals surface area contributed by atoms with Gasteiger partial charge in [0.15, 0.2) is 5.76 Å². The van der Waals surface area contributed by atoms with E-state index >= 15 is 0 Å². The number of furan rings is 1. The Bertz CT molecular complexity index is 697. The summed E-state index contributed by atoms with van der Waals surface area (Å²) in [6.45, 7) is 6.04. The van der Waals surface area contributed by atoms with Crippen molar-refractivity contribution in [3.05, 3.63) is 53.0 Å². The highest BCUT2D eigenvalue weighted by Crippen LogP contribution is 2.21. The molecule has 0 N–H and O–H groups in total. The van der Waals surface area contributed by atoms with Crippen molar-refractivity contribution in [2.24, 2.45) is 0 Å². The third kappa shape index (κ3) is 3.99. The van der Waals surface area contributed by atoms with E-state index in [0.29, 0.717) is 18.1 Å². The second kappa shape index (κ2) is 7.56. The summed E-state index contributed by atoms with van der Waals surface area (Å²) in [6.07, 6.45) is 4.57. The van der Waals surface area contributed by atoms with E-state index in [0.717, 1.165) is 42.8 Å². The minimum atomic E-state index is -0.00474. The van der Waals surface area contributed by atoms with E-state index in [4.69, 9.17) is 9.15 Å². The predicted octanol–water partition coefficient (Wildman–Crippen LogP) is 4.49. The Morgan fingerprint density at radius 3 is 2.58 bits per heavy atom. The maximum Gasteiger partial charge on any atom is 0.289 e. The SMILES string of the molecule is Cc1ccc(C)c(OCc2ccc(C(=O)N3CCCCCC3)o2)c1. The van der Waals surface area contributed by atoms with E-state index < -0.39 is 0 Å². The molecule has 4 nitrogen and oxygen atoms in total. The first-order chi connectivity index (χ1) is 11.6. The van der Waals surface area contributed by atoms with E-state index in [9.17, 15) is 4.79 Å². The van der Waals surface area contributed by atoms with Gasteiger partial charge in [-0.1, -0.05) is 25.0 Å². The van der Waals surface area contributed by atoms with Crippen LogP contribution in [-0.2, 0) is 6.61 Å². The Morgan fingerprint density at radius 2 is 1.83 bits per heavy atom. The molecule has 1 aliphatic rings. The van der Waals surface area contributed by atoms with Gasteiger partial charge in [0.05, 0.1) is 0 Å². The monoisotopic (exact) mass is 327 g/mol. The first-order valence-corrected chi connectivity index (χ1v) is 8.71. The van der Waals surface area contributed by atoms with Gasteiger partial charge in [-0.2, -0.15) is 0 Å². The van der Waals surface area contributed by atoms with Gasteiger partial charge in [0, 0.05) is 13.1 Å². The molecule has 0 aliphatic carbocycles. The largest absolute Gasteiger partial charge is 0.485 e. The molecule has 0 bridgehead atoms. The molecule has 1 aliphatic heterocycles. The van der Waals surface area contributed by atoms with Gasteiger partial charge in [0.1, 0.15) is 18.1 Å². The van der Waals surface area contributed by atoms with Crippen LogP contribution in [0.3, 0.4) is 0 Å². The van der Waals surface area contributed by atoms with Crippen LogP contribution in [0.1, 0.15) is 53.1 Å². The summed E-state index contributed by atoms with van der Waals surface area (Å²) >= 11 is 0. The van der Waals surface area contributed by atoms with Crippen molar-refractivity contribution in [1.29, 1.82) is 0 Å². The number of hydrogen-bond acceptors (Lipinski definition) is 3. The first-order valence-electron chi connectivity index (χ1n) is 8.71. The summed E-state index contributed by atoms with van der Waals surface area (Å²) in [4.78, 5) is 14.4. The van der Waals surface area contributed by atoms with E-state index in [1.54, 1.807) is 6.07 Å². The number of likely N-dealkylation sites (tertiary alicyclic amines) is 1. The van der Waals surface area contributed by atoms with Gasteiger partial charge in [-0.15, -0.1) is 0 Å². The van der Waals surface area contributed by atoms with Crippen LogP contribution in [0.4, 0.5) is 0 Å². The third-order valence-electron chi connectivity index (χ3n) is 4.48. The van der Waals surface area contributed by atoms with Crippen LogP contribution >= 0.6 is 0 Å². The molecule has 24 heavy (non-hydrogen) atoms. The lowest BCUT2D eigenvalue weighted by atomic mass is 10.1. The summed E-state index contributed by atoms with van der Waals surface area (Å²) in [5.74, 6) is 1.94. The number of amides is 1. The lowest BCUT2D eigenvalue weighted by Gasteiger charge is -2.18. The molecule has 0 atom stereocenters. The average Bonchev–Trinajstić information content (AvgIpc) is 2.88. The van der Waals surface area contributed by atoms with Crippen LogP contribution in [0.15, 0.2) is 34.7 Å². The van der Waals surface area contributed by atoms with Gasteiger partial charge in [-0.05, 0) is 56.0 Å². The molecule has 1 aromatic carbocycles. The van der Waals surface area contributed by atoms with Crippen LogP contribution in [0.25, 0.3) is 0 Å². The maximum absolute atomic E-state index is 12.5. The van der Waals surface area contributed by atoms with Gasteiger partial charge >= 0.3 is 0 Å². The Labute approximate surface area is 143 Å². The molecule has 1 saturated heterocycles. The molecular formula is C20H25NO3. The van der Waals surface area contributed by atoms with Gasteiger partial charge < -0.3 is 14.1 Å². The second-order valence-electron chi connectivity index (χ2n) is 6.53. The smallest absolute Gasteiger partial charge is 0.289 e. The highest BCUT2D eigenvalue weighted by Gasteiger charge is 2.20. The number of carbonyl (C=O) groups is 1. The summed E-state index contributed by atoms with van der Waals surface area (Å²) in [7, 11) is 0. The van der Waals surface area contributed by atoms with Crippen molar-refractivity contribution in [3.63, 3.8) is 0 Å². The van der Waals surface area contributed by atoms with Crippen LogP contribution in [0, 0.1) is 13.8 Å². The molecule has 2 heterocycles. The number of aryl methyl sites for hydroxylation is 2. The summed E-state index contributed by atoms with van der Waals surface area (Å²) < 4.78 is 11.6. The Kier molecular flexibility index (Phi) is 5.24. The number of rotatable bonds is 4. The first kappa shape index (κ1) is 16.6. The highest BCUT2D eigenvalue weighted by atomic mass is 16.5. The molecule has 4 heteroatoms. The molecular weight excluding hydrogens is 302 g/mol. The molecule has 1 aromatic heterocycles. The lowest BCUT2D eigenvalue weighted by Crippen LogP contribution is -2.31. The van der Waals surface area contributed by atoms with E-state index in [2.05, 4.69) is 6.07 Å². The fourth-order valence-electron chi connectivity index (χ4n) is 3.01. The topological polar surface area (TPSA) is 42.7 Å². The van der Waals surface area contributed by atoms with Crippen molar-refractivity contribution in [1.82, 2.24) is 4.90 Å². The van der Waals surface area contributed by atoms with E-state index in [1.165, 1.54) is 12.8 Å². The average molecular weight is 327 g/mol. The third-order valence-corrected chi connectivity index (χ3v) is 4.48. The maximum atomic E-state index is 12.5. The fourth-order valence-corrected chi connectivity index (χ4v) is 3.01. The minimum absolute atomic E-state index is 0.00474. The van der Waals surface area contributed by atoms with Gasteiger partial charge in [0.25, 0.3) is 5.91 Å². The molecule has 0 spiro atoms. The van der Waals surface area contributed by atoms with Crippen LogP contribution in [0.5, 0.6) is 5.75 Å². The zero-order valence-corrected chi connectivity index (χ0v) is 14.5. The van der Waals surface area contributed by atoms with Gasteiger partial charge in [0.2, 0.25) is 0 Å². The van der Waals surface area contributed by atoms with Crippen molar-refractivity contribution < 1.29 is 13.9 Å². The quantitative estimate of drug-likeness (QED) is 0.831. The highest BCUT2D eigenvalue weighted by molar-refractivity contribution is 5.91. The molecule has 1 fully saturated rings. The van der Waals surface area contributed by atoms with Crippen molar-refractivity contribution >= 4 is 5.91 Å². The number of carbonyl (C=O) groups excluding carboxylic acids is 1. The molecule has 128 valence electrons. The predicted molar refractivity (Wildman–Crippen MR) is 93.3 cm³/mol. The van der Waals surface area contributed by atoms with E-state index in [-0.39, 0.29) is 5.91 Å². The number of benzene rings is 1. The molecule has 2 aromatic rings. The number of ether oxygens (including phenoxy) is 1. The molecule has 0 unspecified atom stereocenters. The fraction of sp³-hybridized carbons (Fsp3) is 0.450. The molecule has 0 radical (unpaired) electrons. The van der Waals surface area contributed by atoms with Crippen LogP contribution in [0.2, 0.25) is 0 Å². The second-order valence-corrected chi connectivity index (χ2v) is 6.53. The zero-order chi connectivity index (χ0) is 16.9. The number of hydrogen-bond donors (Lipinski definition) is 0. The minimum Gasteiger partial charge on any atom is -0.485 e. The van der Waals surface area contributed by atoms with Crippen molar-refractivity contribution in [3.8, 4) is 5.75 Å². The summed E-state index contributed by atoms with van der Waals surface area (Å²) in [5, 5.41) is 0. The van der Waals surface area contributed by atoms with Crippen LogP contribution < -0.4 is 4.74 Å². The van der Waals surface area contributed by atoms with Gasteiger partial charge in [-0.3, -0.25) is 4.79 Å². The number of nitrogens with zero attached hydrogens (tertiary/aromatic N) is 1. The van der Waals surface area contributed by atoms with Crippen molar-refractivity contribution in [2.45, 2.75) is 46.1 Å². The van der Waals surface area contributed by atoms with E-state index in [1.807, 2.05) is 36.9 Å². The Morgan fingerprint density at radius 1 is 1.08 bits per heavy atom. The summed E-state index contributed by atoms with van der Waals surface area (Å²) in [5.41, 5.74) is 2.25. The zero-order valence-electron chi connectivity index (χ0n) is 14.5. The summed E-state index contributed by atoms with van der Waals surface area (Å²) in [6, 6.07) is 9.71. The Hall–Kier alpha value is -2.23. The van der Waals surface area contributed by atoms with Crippen molar-refractivity contribution in [2.75, 3.05) is 13.1 Å². The van der Waals surface area contributed by atoms with Crippen LogP contribution in [-0.4, -0.2) is 23.9 Å². The lowest BCUT2D eigenvalue weighted by molar-refractivity contribution is 0.0725. The van der Waals surface area contributed by atoms with Gasteiger partial charge in [-0.25, -0.2) is 0 Å². The normalized spacial score (nSPS) is 15.2. The standard InChI is InChI=1S/C20H25NO3/c1-15-7-8-16(2)19(13-15)23-14-17-9-10-18(24-17)20(22)21-11-5-3-4-6-12-21/h7-10,13H,3-6,11-12,14H2,1-2H3.